The Bertz CT molecular complexity index is 429. The molecule has 1 aromatic rings. The van der Waals surface area contributed by atoms with Crippen molar-refractivity contribution in [1.82, 2.24) is 15.1 Å². The summed E-state index contributed by atoms with van der Waals surface area (Å²) in [5.41, 5.74) is 1.78. The monoisotopic (exact) mass is 301 g/mol. The molecule has 0 spiro atoms. The maximum Gasteiger partial charge on any atom is 0.0850 e. The third kappa shape index (κ3) is 3.96. The number of aryl methyl sites for hydroxylation is 2. The molecule has 1 aromatic heterocycles. The van der Waals surface area contributed by atoms with E-state index in [-0.39, 0.29) is 11.6 Å². The molecule has 1 rings (SSSR count). The molecule has 0 saturated heterocycles. The highest BCUT2D eigenvalue weighted by atomic mass is 35.5. The van der Waals surface area contributed by atoms with E-state index in [4.69, 9.17) is 16.3 Å². The molecule has 0 fully saturated rings. The molecule has 0 bridgehead atoms. The number of halogens is 1. The number of rotatable bonds is 8. The highest BCUT2D eigenvalue weighted by Crippen LogP contribution is 2.25. The van der Waals surface area contributed by atoms with E-state index in [9.17, 15) is 0 Å². The Balaban J connectivity index is 2.97. The van der Waals surface area contributed by atoms with Gasteiger partial charge in [-0.25, -0.2) is 0 Å². The summed E-state index contributed by atoms with van der Waals surface area (Å²) < 4.78 is 7.54. The molecule has 0 aromatic carbocycles. The van der Waals surface area contributed by atoms with Gasteiger partial charge in [-0.3, -0.25) is 4.68 Å². The topological polar surface area (TPSA) is 39.1 Å². The Labute approximate surface area is 127 Å². The average molecular weight is 302 g/mol. The van der Waals surface area contributed by atoms with Crippen LogP contribution < -0.4 is 5.32 Å². The fourth-order valence-electron chi connectivity index (χ4n) is 2.26. The van der Waals surface area contributed by atoms with Crippen LogP contribution in [-0.2, 0) is 24.6 Å². The second kappa shape index (κ2) is 7.43. The van der Waals surface area contributed by atoms with E-state index < -0.39 is 0 Å². The lowest BCUT2D eigenvalue weighted by molar-refractivity contribution is -0.0104. The number of methoxy groups -OCH3 is 1. The predicted octanol–water partition coefficient (Wildman–Crippen LogP) is 2.97. The first-order chi connectivity index (χ1) is 9.37. The molecule has 20 heavy (non-hydrogen) atoms. The number of hydrogen-bond acceptors (Lipinski definition) is 3. The third-order valence-corrected chi connectivity index (χ3v) is 4.34. The van der Waals surface area contributed by atoms with Gasteiger partial charge in [0.2, 0.25) is 0 Å². The zero-order valence-electron chi connectivity index (χ0n) is 13.6. The summed E-state index contributed by atoms with van der Waals surface area (Å²) in [5, 5.41) is 8.85. The molecule has 4 nitrogen and oxygen atoms in total. The minimum Gasteiger partial charge on any atom is -0.377 e. The van der Waals surface area contributed by atoms with Gasteiger partial charge >= 0.3 is 0 Å². The van der Waals surface area contributed by atoms with Crippen molar-refractivity contribution in [2.24, 2.45) is 7.05 Å². The van der Waals surface area contributed by atoms with Gasteiger partial charge in [0.15, 0.2) is 0 Å². The standard InChI is InChI=1S/C15H28ClN3O/c1-7-9-17-13(15(3,4)20-6)10-12-14(16)11(8-2)18-19(12)5/h13,17H,7-10H2,1-6H3. The van der Waals surface area contributed by atoms with Crippen LogP contribution in [0, 0.1) is 0 Å². The zero-order chi connectivity index (χ0) is 15.3. The molecule has 1 atom stereocenters. The summed E-state index contributed by atoms with van der Waals surface area (Å²) in [7, 11) is 3.71. The van der Waals surface area contributed by atoms with E-state index in [1.807, 2.05) is 11.7 Å². The van der Waals surface area contributed by atoms with Crippen LogP contribution in [-0.4, -0.2) is 35.1 Å². The fourth-order valence-corrected chi connectivity index (χ4v) is 2.63. The number of hydrogen-bond donors (Lipinski definition) is 1. The van der Waals surface area contributed by atoms with Gasteiger partial charge in [-0.05, 0) is 33.2 Å². The van der Waals surface area contributed by atoms with Gasteiger partial charge < -0.3 is 10.1 Å². The minimum atomic E-state index is -0.255. The lowest BCUT2D eigenvalue weighted by Gasteiger charge is -2.34. The summed E-state index contributed by atoms with van der Waals surface area (Å²) in [6.45, 7) is 9.41. The van der Waals surface area contributed by atoms with Crippen molar-refractivity contribution in [2.45, 2.75) is 58.6 Å². The second-order valence-corrected chi connectivity index (χ2v) is 6.08. The molecule has 116 valence electrons. The first-order valence-corrected chi connectivity index (χ1v) is 7.73. The molecule has 0 saturated carbocycles. The highest BCUT2D eigenvalue weighted by Gasteiger charge is 2.31. The van der Waals surface area contributed by atoms with Gasteiger partial charge in [0.05, 0.1) is 22.0 Å². The van der Waals surface area contributed by atoms with Crippen LogP contribution in [0.2, 0.25) is 5.02 Å². The number of nitrogens with zero attached hydrogens (tertiary/aromatic N) is 2. The van der Waals surface area contributed by atoms with E-state index in [2.05, 4.69) is 38.1 Å². The van der Waals surface area contributed by atoms with Crippen molar-refractivity contribution >= 4 is 11.6 Å². The van der Waals surface area contributed by atoms with Gasteiger partial charge in [-0.2, -0.15) is 5.10 Å². The molecular weight excluding hydrogens is 274 g/mol. The molecule has 0 aliphatic carbocycles. The van der Waals surface area contributed by atoms with Gasteiger partial charge in [-0.15, -0.1) is 0 Å². The van der Waals surface area contributed by atoms with Crippen LogP contribution in [0.4, 0.5) is 0 Å². The smallest absolute Gasteiger partial charge is 0.0850 e. The maximum atomic E-state index is 6.45. The van der Waals surface area contributed by atoms with Crippen molar-refractivity contribution in [1.29, 1.82) is 0 Å². The number of ether oxygens (including phenoxy) is 1. The van der Waals surface area contributed by atoms with Gasteiger partial charge in [0, 0.05) is 26.6 Å². The summed E-state index contributed by atoms with van der Waals surface area (Å²) in [6, 6.07) is 0.199. The fraction of sp³-hybridized carbons (Fsp3) is 0.800. The Hall–Kier alpha value is -0.580. The second-order valence-electron chi connectivity index (χ2n) is 5.70. The summed E-state index contributed by atoms with van der Waals surface area (Å²) in [6.07, 6.45) is 2.76. The van der Waals surface area contributed by atoms with E-state index in [1.54, 1.807) is 7.11 Å². The largest absolute Gasteiger partial charge is 0.377 e. The van der Waals surface area contributed by atoms with E-state index in [1.165, 1.54) is 0 Å². The quantitative estimate of drug-likeness (QED) is 0.802. The molecule has 1 N–H and O–H groups in total. The maximum absolute atomic E-state index is 6.45. The van der Waals surface area contributed by atoms with Crippen molar-refractivity contribution in [3.05, 3.63) is 16.4 Å². The van der Waals surface area contributed by atoms with E-state index >= 15 is 0 Å². The molecule has 5 heteroatoms. The van der Waals surface area contributed by atoms with Crippen molar-refractivity contribution in [3.8, 4) is 0 Å². The first-order valence-electron chi connectivity index (χ1n) is 7.36. The van der Waals surface area contributed by atoms with Crippen LogP contribution in [0.1, 0.15) is 45.5 Å². The SMILES string of the molecule is CCCNC(Cc1c(Cl)c(CC)nn1C)C(C)(C)OC. The Morgan fingerprint density at radius 1 is 1.40 bits per heavy atom. The summed E-state index contributed by atoms with van der Waals surface area (Å²) in [4.78, 5) is 0. The molecular formula is C15H28ClN3O. The van der Waals surface area contributed by atoms with Crippen LogP contribution in [0.5, 0.6) is 0 Å². The summed E-state index contributed by atoms with van der Waals surface area (Å²) >= 11 is 6.45. The summed E-state index contributed by atoms with van der Waals surface area (Å²) in [5.74, 6) is 0. The van der Waals surface area contributed by atoms with Crippen LogP contribution >= 0.6 is 11.6 Å². The first kappa shape index (κ1) is 17.5. The van der Waals surface area contributed by atoms with Crippen molar-refractivity contribution < 1.29 is 4.74 Å². The number of nitrogens with one attached hydrogen (secondary N) is 1. The van der Waals surface area contributed by atoms with Crippen LogP contribution in [0.25, 0.3) is 0 Å². The highest BCUT2D eigenvalue weighted by molar-refractivity contribution is 6.31. The van der Waals surface area contributed by atoms with E-state index in [0.717, 1.165) is 42.2 Å². The Morgan fingerprint density at radius 3 is 2.50 bits per heavy atom. The molecule has 0 amide bonds. The van der Waals surface area contributed by atoms with Crippen LogP contribution in [0.3, 0.4) is 0 Å². The predicted molar refractivity (Wildman–Crippen MR) is 84.5 cm³/mol. The van der Waals surface area contributed by atoms with E-state index in [0.29, 0.717) is 0 Å². The molecule has 1 unspecified atom stereocenters. The van der Waals surface area contributed by atoms with Gasteiger partial charge in [0.25, 0.3) is 0 Å². The van der Waals surface area contributed by atoms with Crippen LogP contribution in [0.15, 0.2) is 0 Å². The number of aromatic nitrogens is 2. The minimum absolute atomic E-state index is 0.199. The average Bonchev–Trinajstić information content (AvgIpc) is 2.69. The van der Waals surface area contributed by atoms with Gasteiger partial charge in [0.1, 0.15) is 0 Å². The lowest BCUT2D eigenvalue weighted by Crippen LogP contribution is -2.50. The third-order valence-electron chi connectivity index (χ3n) is 3.91. The molecule has 1 heterocycles. The molecule has 0 aliphatic rings. The lowest BCUT2D eigenvalue weighted by atomic mass is 9.93. The Morgan fingerprint density at radius 2 is 2.05 bits per heavy atom. The normalized spacial score (nSPS) is 13.8. The molecule has 0 aliphatic heterocycles. The van der Waals surface area contributed by atoms with Crippen molar-refractivity contribution in [2.75, 3.05) is 13.7 Å². The zero-order valence-corrected chi connectivity index (χ0v) is 14.3. The molecule has 0 radical (unpaired) electrons. The van der Waals surface area contributed by atoms with Crippen molar-refractivity contribution in [3.63, 3.8) is 0 Å². The van der Waals surface area contributed by atoms with Gasteiger partial charge in [-0.1, -0.05) is 25.4 Å². The Kier molecular flexibility index (Phi) is 6.49.